The Bertz CT molecular complexity index is 1220. The van der Waals surface area contributed by atoms with Gasteiger partial charge in [-0.3, -0.25) is 14.7 Å². The van der Waals surface area contributed by atoms with Gasteiger partial charge in [0.2, 0.25) is 0 Å². The Balaban J connectivity index is 1.95. The number of anilines is 1. The third-order valence-electron chi connectivity index (χ3n) is 5.13. The standard InChI is InChI=1S/C25H21N5OS/c1-32(31)30-23-11-3-10-22(29-23)25(19-7-2-6-18(14-19)15-26)24(20-8-4-12-27-16-20)21-9-5-13-28-17-21/h2-14,16-17,24-25H,1H3,(H,29,30). The van der Waals surface area contributed by atoms with Gasteiger partial charge in [-0.15, -0.1) is 0 Å². The second-order valence-electron chi connectivity index (χ2n) is 7.27. The number of aromatic nitrogens is 3. The highest BCUT2D eigenvalue weighted by Gasteiger charge is 2.30. The van der Waals surface area contributed by atoms with E-state index in [1.165, 1.54) is 0 Å². The van der Waals surface area contributed by atoms with E-state index in [2.05, 4.69) is 20.8 Å². The summed E-state index contributed by atoms with van der Waals surface area (Å²) in [5, 5.41) is 9.50. The van der Waals surface area contributed by atoms with Crippen LogP contribution in [0, 0.1) is 11.3 Å². The highest BCUT2D eigenvalue weighted by atomic mass is 32.2. The van der Waals surface area contributed by atoms with E-state index in [0.29, 0.717) is 11.4 Å². The van der Waals surface area contributed by atoms with Crippen molar-refractivity contribution in [2.45, 2.75) is 11.8 Å². The molecule has 0 spiro atoms. The minimum Gasteiger partial charge on any atom is -0.290 e. The molecule has 32 heavy (non-hydrogen) atoms. The van der Waals surface area contributed by atoms with Crippen LogP contribution in [0.2, 0.25) is 0 Å². The number of hydrogen-bond acceptors (Lipinski definition) is 5. The predicted octanol–water partition coefficient (Wildman–Crippen LogP) is 4.41. The Morgan fingerprint density at radius 2 is 1.53 bits per heavy atom. The number of hydrogen-bond donors (Lipinski definition) is 1. The van der Waals surface area contributed by atoms with E-state index in [1.807, 2.05) is 67.0 Å². The number of benzene rings is 1. The first-order valence-corrected chi connectivity index (χ1v) is 11.6. The summed E-state index contributed by atoms with van der Waals surface area (Å²) in [4.78, 5) is 13.5. The molecule has 0 saturated carbocycles. The molecule has 2 atom stereocenters. The van der Waals surface area contributed by atoms with Crippen LogP contribution in [0.5, 0.6) is 0 Å². The molecule has 158 valence electrons. The lowest BCUT2D eigenvalue weighted by molar-refractivity contribution is 0.670. The minimum atomic E-state index is -1.25. The molecule has 0 radical (unpaired) electrons. The van der Waals surface area contributed by atoms with Crippen LogP contribution in [0.15, 0.2) is 91.5 Å². The smallest absolute Gasteiger partial charge is 0.137 e. The zero-order valence-corrected chi connectivity index (χ0v) is 18.2. The Labute approximate surface area is 189 Å². The maximum atomic E-state index is 11.7. The van der Waals surface area contributed by atoms with Gasteiger partial charge in [0, 0.05) is 42.9 Å². The van der Waals surface area contributed by atoms with Gasteiger partial charge >= 0.3 is 0 Å². The second kappa shape index (κ2) is 9.94. The van der Waals surface area contributed by atoms with Crippen LogP contribution in [0.3, 0.4) is 0 Å². The van der Waals surface area contributed by atoms with Gasteiger partial charge in [-0.1, -0.05) is 30.3 Å². The fourth-order valence-corrected chi connectivity index (χ4v) is 4.27. The molecule has 0 fully saturated rings. The van der Waals surface area contributed by atoms with Gasteiger partial charge in [0.25, 0.3) is 0 Å². The van der Waals surface area contributed by atoms with Crippen LogP contribution in [-0.2, 0) is 11.0 Å². The molecule has 0 aliphatic heterocycles. The fourth-order valence-electron chi connectivity index (χ4n) is 3.86. The van der Waals surface area contributed by atoms with E-state index in [0.717, 1.165) is 22.4 Å². The molecule has 3 aromatic heterocycles. The van der Waals surface area contributed by atoms with E-state index in [1.54, 1.807) is 30.8 Å². The summed E-state index contributed by atoms with van der Waals surface area (Å²) in [7, 11) is -1.25. The average molecular weight is 440 g/mol. The first-order chi connectivity index (χ1) is 15.7. The molecule has 2 unspecified atom stereocenters. The van der Waals surface area contributed by atoms with Gasteiger partial charge in [0.05, 0.1) is 17.3 Å². The third kappa shape index (κ3) is 4.88. The van der Waals surface area contributed by atoms with Crippen molar-refractivity contribution in [3.63, 3.8) is 0 Å². The molecule has 0 aliphatic carbocycles. The lowest BCUT2D eigenvalue weighted by Crippen LogP contribution is -2.17. The molecule has 4 aromatic rings. The molecular formula is C25H21N5OS. The second-order valence-corrected chi connectivity index (χ2v) is 8.38. The molecule has 0 saturated heterocycles. The molecule has 1 aromatic carbocycles. The van der Waals surface area contributed by atoms with Crippen LogP contribution in [-0.4, -0.2) is 25.4 Å². The Kier molecular flexibility index (Phi) is 6.63. The van der Waals surface area contributed by atoms with E-state index in [4.69, 9.17) is 4.98 Å². The summed E-state index contributed by atoms with van der Waals surface area (Å²) < 4.78 is 14.6. The Morgan fingerprint density at radius 3 is 2.12 bits per heavy atom. The van der Waals surface area contributed by atoms with E-state index >= 15 is 0 Å². The highest BCUT2D eigenvalue weighted by Crippen LogP contribution is 2.42. The monoisotopic (exact) mass is 439 g/mol. The van der Waals surface area contributed by atoms with Crippen molar-refractivity contribution >= 4 is 16.8 Å². The van der Waals surface area contributed by atoms with E-state index in [-0.39, 0.29) is 11.8 Å². The Hall–Kier alpha value is -3.89. The molecule has 4 rings (SSSR count). The summed E-state index contributed by atoms with van der Waals surface area (Å²) in [5.74, 6) is 0.144. The van der Waals surface area contributed by atoms with Crippen molar-refractivity contribution in [3.05, 3.63) is 119 Å². The summed E-state index contributed by atoms with van der Waals surface area (Å²) >= 11 is 0. The molecule has 3 heterocycles. The lowest BCUT2D eigenvalue weighted by atomic mass is 9.76. The summed E-state index contributed by atoms with van der Waals surface area (Å²) in [5.41, 5.74) is 4.32. The zero-order chi connectivity index (χ0) is 22.3. The number of nitrogens with one attached hydrogen (secondary N) is 1. The van der Waals surface area contributed by atoms with Crippen molar-refractivity contribution in [1.29, 1.82) is 5.26 Å². The largest absolute Gasteiger partial charge is 0.290 e. The van der Waals surface area contributed by atoms with Gasteiger partial charge in [0.15, 0.2) is 0 Å². The van der Waals surface area contributed by atoms with Crippen LogP contribution < -0.4 is 4.72 Å². The summed E-state index contributed by atoms with van der Waals surface area (Å²) in [6.45, 7) is 0. The molecule has 0 amide bonds. The van der Waals surface area contributed by atoms with Gasteiger partial charge in [-0.2, -0.15) is 5.26 Å². The molecule has 0 bridgehead atoms. The SMILES string of the molecule is CS(=O)Nc1cccc(C(c2cccc(C#N)c2)C(c2cccnc2)c2cccnc2)n1. The molecule has 6 nitrogen and oxygen atoms in total. The van der Waals surface area contributed by atoms with Gasteiger partial charge in [-0.25, -0.2) is 9.19 Å². The predicted molar refractivity (Wildman–Crippen MR) is 125 cm³/mol. The summed E-state index contributed by atoms with van der Waals surface area (Å²) in [6, 6.07) is 23.3. The molecule has 0 aliphatic rings. The maximum Gasteiger partial charge on any atom is 0.137 e. The van der Waals surface area contributed by atoms with Gasteiger partial charge in [0.1, 0.15) is 16.8 Å². The minimum absolute atomic E-state index is 0.152. The lowest BCUT2D eigenvalue weighted by Gasteiger charge is -2.28. The molecular weight excluding hydrogens is 418 g/mol. The topological polar surface area (TPSA) is 91.6 Å². The number of nitriles is 1. The van der Waals surface area contributed by atoms with Crippen molar-refractivity contribution in [1.82, 2.24) is 15.0 Å². The third-order valence-corrected chi connectivity index (χ3v) is 5.63. The first-order valence-electron chi connectivity index (χ1n) is 10.0. The fraction of sp³-hybridized carbons (Fsp3) is 0.120. The van der Waals surface area contributed by atoms with Crippen molar-refractivity contribution < 1.29 is 4.21 Å². The van der Waals surface area contributed by atoms with Crippen molar-refractivity contribution in [2.75, 3.05) is 11.0 Å². The molecule has 7 heteroatoms. The van der Waals surface area contributed by atoms with Gasteiger partial charge < -0.3 is 0 Å². The maximum absolute atomic E-state index is 11.7. The number of pyridine rings is 3. The van der Waals surface area contributed by atoms with Crippen molar-refractivity contribution in [3.8, 4) is 6.07 Å². The van der Waals surface area contributed by atoms with Crippen LogP contribution in [0.4, 0.5) is 5.82 Å². The highest BCUT2D eigenvalue weighted by molar-refractivity contribution is 7.85. The van der Waals surface area contributed by atoms with Crippen LogP contribution in [0.25, 0.3) is 0 Å². The number of rotatable bonds is 7. The van der Waals surface area contributed by atoms with Crippen LogP contribution in [0.1, 0.15) is 39.8 Å². The van der Waals surface area contributed by atoms with Crippen LogP contribution >= 0.6 is 0 Å². The van der Waals surface area contributed by atoms with Crippen molar-refractivity contribution in [2.24, 2.45) is 0 Å². The average Bonchev–Trinajstić information content (AvgIpc) is 2.83. The van der Waals surface area contributed by atoms with E-state index < -0.39 is 11.0 Å². The quantitative estimate of drug-likeness (QED) is 0.460. The summed E-state index contributed by atoms with van der Waals surface area (Å²) in [6.07, 6.45) is 8.75. The zero-order valence-electron chi connectivity index (χ0n) is 17.4. The first kappa shape index (κ1) is 21.3. The number of nitrogens with zero attached hydrogens (tertiary/aromatic N) is 4. The van der Waals surface area contributed by atoms with Gasteiger partial charge in [-0.05, 0) is 53.1 Å². The Morgan fingerprint density at radius 1 is 0.875 bits per heavy atom. The molecule has 1 N–H and O–H groups in total. The van der Waals surface area contributed by atoms with E-state index in [9.17, 15) is 9.47 Å². The normalized spacial score (nSPS) is 12.7.